The van der Waals surface area contributed by atoms with E-state index in [9.17, 15) is 20.1 Å². The maximum atomic E-state index is 13.0. The molecule has 9 heteroatoms. The molecule has 4 rings (SSSR count). The fourth-order valence-corrected chi connectivity index (χ4v) is 11.4. The van der Waals surface area contributed by atoms with E-state index in [1.54, 1.807) is 6.20 Å². The Bertz CT molecular complexity index is 1220. The zero-order chi connectivity index (χ0) is 24.7. The summed E-state index contributed by atoms with van der Waals surface area (Å²) in [6.07, 6.45) is -3.18. The standard InChI is InChI=1S/C25H30N2O5SSi/c1-25(2,3)34(16-10-6-4-7-11-16,17-12-8-5-9-13-17)19-14-27(24(31)26-22(19)33)23-21(30)20(29)18(15-28)32-23/h4-14,18,20-21,23,28-30H,15H2,1-3H3,(H,26,31,33)/t18-,20?,21?,23-/m0/s1. The second kappa shape index (κ2) is 9.33. The van der Waals surface area contributed by atoms with Crippen LogP contribution in [0.15, 0.2) is 71.7 Å². The molecule has 4 N–H and O–H groups in total. The van der Waals surface area contributed by atoms with Crippen LogP contribution in [0, 0.1) is 4.64 Å². The Morgan fingerprint density at radius 2 is 1.53 bits per heavy atom. The molecule has 0 amide bonds. The van der Waals surface area contributed by atoms with Crippen LogP contribution in [0.25, 0.3) is 0 Å². The monoisotopic (exact) mass is 498 g/mol. The fraction of sp³-hybridized carbons (Fsp3) is 0.360. The lowest BCUT2D eigenvalue weighted by atomic mass is 10.1. The lowest BCUT2D eigenvalue weighted by Gasteiger charge is -2.44. The van der Waals surface area contributed by atoms with Crippen molar-refractivity contribution in [3.05, 3.63) is 82.0 Å². The quantitative estimate of drug-likeness (QED) is 0.306. The van der Waals surface area contributed by atoms with Gasteiger partial charge in [0.2, 0.25) is 0 Å². The van der Waals surface area contributed by atoms with Gasteiger partial charge >= 0.3 is 5.69 Å². The number of hydrogen-bond donors (Lipinski definition) is 4. The topological polar surface area (TPSA) is 108 Å². The zero-order valence-corrected chi connectivity index (χ0v) is 21.2. The first-order chi connectivity index (χ1) is 16.1. The number of hydrogen-bond acceptors (Lipinski definition) is 6. The molecule has 3 aromatic rings. The minimum atomic E-state index is -2.88. The summed E-state index contributed by atoms with van der Waals surface area (Å²) < 4.78 is 7.27. The molecule has 0 saturated carbocycles. The number of rotatable bonds is 5. The summed E-state index contributed by atoms with van der Waals surface area (Å²) >= 11 is 5.76. The largest absolute Gasteiger partial charge is 0.394 e. The molecular formula is C25H30N2O5SSi. The van der Waals surface area contributed by atoms with Gasteiger partial charge in [-0.05, 0) is 15.4 Å². The number of aliphatic hydroxyl groups excluding tert-OH is 3. The third-order valence-electron chi connectivity index (χ3n) is 6.70. The van der Waals surface area contributed by atoms with E-state index in [2.05, 4.69) is 50.0 Å². The highest BCUT2D eigenvalue weighted by atomic mass is 32.1. The van der Waals surface area contributed by atoms with E-state index in [0.717, 1.165) is 15.6 Å². The summed E-state index contributed by atoms with van der Waals surface area (Å²) in [4.78, 5) is 15.8. The maximum absolute atomic E-state index is 13.0. The molecule has 2 unspecified atom stereocenters. The number of nitrogens with one attached hydrogen (secondary N) is 1. The Balaban J connectivity index is 2.05. The molecular weight excluding hydrogens is 468 g/mol. The van der Waals surface area contributed by atoms with Gasteiger partial charge in [0.05, 0.1) is 6.61 Å². The van der Waals surface area contributed by atoms with Gasteiger partial charge in [0.25, 0.3) is 0 Å². The molecule has 2 aromatic carbocycles. The summed E-state index contributed by atoms with van der Waals surface area (Å²) in [5.74, 6) is 0. The van der Waals surface area contributed by atoms with Crippen molar-refractivity contribution in [3.8, 4) is 0 Å². The Labute approximate surface area is 204 Å². The number of aromatic amines is 1. The predicted molar refractivity (Wildman–Crippen MR) is 136 cm³/mol. The summed E-state index contributed by atoms with van der Waals surface area (Å²) in [5, 5.41) is 33.2. The third kappa shape index (κ3) is 3.92. The first kappa shape index (κ1) is 24.7. The Kier molecular flexibility index (Phi) is 6.78. The second-order valence-corrected chi connectivity index (χ2v) is 14.8. The molecule has 1 aliphatic heterocycles. The first-order valence-electron chi connectivity index (χ1n) is 11.2. The van der Waals surface area contributed by atoms with Crippen LogP contribution >= 0.6 is 12.2 Å². The van der Waals surface area contributed by atoms with Crippen LogP contribution in [0.2, 0.25) is 5.04 Å². The fourth-order valence-electron chi connectivity index (χ4n) is 5.18. The van der Waals surface area contributed by atoms with E-state index in [0.29, 0.717) is 4.64 Å². The van der Waals surface area contributed by atoms with Crippen molar-refractivity contribution < 1.29 is 20.1 Å². The summed E-state index contributed by atoms with van der Waals surface area (Å²) in [7, 11) is -2.88. The number of aromatic nitrogens is 2. The Morgan fingerprint density at radius 3 is 1.97 bits per heavy atom. The minimum Gasteiger partial charge on any atom is -0.394 e. The number of ether oxygens (including phenoxy) is 1. The van der Waals surface area contributed by atoms with Gasteiger partial charge in [0, 0.05) is 11.4 Å². The molecule has 180 valence electrons. The number of H-pyrrole nitrogens is 1. The SMILES string of the molecule is CC(C)(C)[Si](c1ccccc1)(c1ccccc1)c1cn([C@H]2O[C@@H](CO)C(O)C2O)c(=O)[nH]c1=S. The van der Waals surface area contributed by atoms with Crippen LogP contribution in [0.4, 0.5) is 0 Å². The minimum absolute atomic E-state index is 0.276. The van der Waals surface area contributed by atoms with Gasteiger partial charge in [-0.1, -0.05) is 93.7 Å². The van der Waals surface area contributed by atoms with Crippen molar-refractivity contribution in [1.82, 2.24) is 9.55 Å². The molecule has 7 nitrogen and oxygen atoms in total. The number of nitrogens with zero attached hydrogens (tertiary/aromatic N) is 1. The van der Waals surface area contributed by atoms with Crippen LogP contribution in [-0.2, 0) is 4.74 Å². The average molecular weight is 499 g/mol. The third-order valence-corrected chi connectivity index (χ3v) is 13.0. The molecule has 1 aliphatic rings. The van der Waals surface area contributed by atoms with Gasteiger partial charge in [0.1, 0.15) is 23.0 Å². The molecule has 0 radical (unpaired) electrons. The molecule has 0 bridgehead atoms. The highest BCUT2D eigenvalue weighted by Crippen LogP contribution is 2.36. The van der Waals surface area contributed by atoms with Gasteiger partial charge in [-0.2, -0.15) is 0 Å². The van der Waals surface area contributed by atoms with Crippen molar-refractivity contribution in [2.45, 2.75) is 50.3 Å². The van der Waals surface area contributed by atoms with Gasteiger partial charge in [-0.3, -0.25) is 9.55 Å². The normalized spacial score (nSPS) is 23.2. The van der Waals surface area contributed by atoms with Gasteiger partial charge in [-0.15, -0.1) is 0 Å². The van der Waals surface area contributed by atoms with Crippen molar-refractivity contribution in [2.75, 3.05) is 6.61 Å². The molecule has 0 aliphatic carbocycles. The lowest BCUT2D eigenvalue weighted by molar-refractivity contribution is -0.0548. The second-order valence-electron chi connectivity index (χ2n) is 9.67. The van der Waals surface area contributed by atoms with Crippen molar-refractivity contribution in [3.63, 3.8) is 0 Å². The molecule has 0 spiro atoms. The van der Waals surface area contributed by atoms with Crippen molar-refractivity contribution >= 4 is 35.9 Å². The molecule has 1 fully saturated rings. The van der Waals surface area contributed by atoms with Crippen LogP contribution in [0.1, 0.15) is 27.0 Å². The van der Waals surface area contributed by atoms with Gasteiger partial charge in [0.15, 0.2) is 14.3 Å². The zero-order valence-electron chi connectivity index (χ0n) is 19.4. The van der Waals surface area contributed by atoms with Crippen molar-refractivity contribution in [2.24, 2.45) is 0 Å². The number of aliphatic hydroxyl groups is 3. The maximum Gasteiger partial charge on any atom is 0.328 e. The molecule has 1 saturated heterocycles. The number of benzene rings is 2. The lowest BCUT2D eigenvalue weighted by Crippen LogP contribution is -2.73. The molecule has 1 aromatic heterocycles. The van der Waals surface area contributed by atoms with E-state index in [-0.39, 0.29) is 5.04 Å². The summed E-state index contributed by atoms with van der Waals surface area (Å²) in [6, 6.07) is 20.3. The predicted octanol–water partition coefficient (Wildman–Crippen LogP) is 0.788. The van der Waals surface area contributed by atoms with E-state index >= 15 is 0 Å². The van der Waals surface area contributed by atoms with E-state index in [1.807, 2.05) is 36.4 Å². The molecule has 34 heavy (non-hydrogen) atoms. The average Bonchev–Trinajstić information content (AvgIpc) is 3.10. The Morgan fingerprint density at radius 1 is 1.00 bits per heavy atom. The van der Waals surface area contributed by atoms with Crippen molar-refractivity contribution in [1.29, 1.82) is 0 Å². The van der Waals surface area contributed by atoms with Gasteiger partial charge < -0.3 is 20.1 Å². The Hall–Kier alpha value is -2.40. The smallest absolute Gasteiger partial charge is 0.328 e. The van der Waals surface area contributed by atoms with Gasteiger partial charge in [-0.25, -0.2) is 4.79 Å². The highest BCUT2D eigenvalue weighted by molar-refractivity contribution is 7.71. The van der Waals surface area contributed by atoms with E-state index in [1.165, 1.54) is 4.57 Å². The van der Waals surface area contributed by atoms with E-state index < -0.39 is 44.9 Å². The van der Waals surface area contributed by atoms with Crippen LogP contribution in [-0.4, -0.2) is 57.9 Å². The van der Waals surface area contributed by atoms with Crippen LogP contribution < -0.4 is 21.2 Å². The first-order valence-corrected chi connectivity index (χ1v) is 13.6. The van der Waals surface area contributed by atoms with E-state index in [4.69, 9.17) is 17.0 Å². The molecule has 4 atom stereocenters. The molecule has 2 heterocycles. The van der Waals surface area contributed by atoms with Crippen LogP contribution in [0.3, 0.4) is 0 Å². The van der Waals surface area contributed by atoms with Crippen LogP contribution in [0.5, 0.6) is 0 Å². The summed E-state index contributed by atoms with van der Waals surface area (Å²) in [5.41, 5.74) is -0.554. The highest BCUT2D eigenvalue weighted by Gasteiger charge is 2.51. The summed E-state index contributed by atoms with van der Waals surface area (Å²) in [6.45, 7) is 6.05.